The number of benzene rings is 4. The molecular formula is C28H23ClN4O2S. The Bertz CT molecular complexity index is 1470. The van der Waals surface area contributed by atoms with Crippen LogP contribution in [0.5, 0.6) is 5.75 Å². The number of fused-ring (bicyclic) bond motifs is 1. The van der Waals surface area contributed by atoms with Gasteiger partial charge >= 0.3 is 0 Å². The van der Waals surface area contributed by atoms with E-state index in [0.717, 1.165) is 22.1 Å². The van der Waals surface area contributed by atoms with E-state index in [0.29, 0.717) is 28.2 Å². The number of carbonyl (C=O) groups excluding carboxylic acids is 1. The second kappa shape index (κ2) is 11.3. The predicted octanol–water partition coefficient (Wildman–Crippen LogP) is 6.44. The van der Waals surface area contributed by atoms with Crippen molar-refractivity contribution in [2.75, 3.05) is 11.1 Å². The van der Waals surface area contributed by atoms with Crippen molar-refractivity contribution in [3.63, 3.8) is 0 Å². The fourth-order valence-corrected chi connectivity index (χ4v) is 4.61. The molecule has 180 valence electrons. The largest absolute Gasteiger partial charge is 0.486 e. The normalized spacial score (nSPS) is 10.9. The van der Waals surface area contributed by atoms with E-state index in [-0.39, 0.29) is 18.3 Å². The third-order valence-corrected chi connectivity index (χ3v) is 6.74. The van der Waals surface area contributed by atoms with Gasteiger partial charge in [0.1, 0.15) is 12.4 Å². The Morgan fingerprint density at radius 2 is 1.64 bits per heavy atom. The van der Waals surface area contributed by atoms with E-state index in [1.54, 1.807) is 24.3 Å². The van der Waals surface area contributed by atoms with Gasteiger partial charge in [-0.2, -0.15) is 0 Å². The Hall–Kier alpha value is -3.81. The van der Waals surface area contributed by atoms with E-state index in [1.807, 2.05) is 53.1 Å². The highest BCUT2D eigenvalue weighted by Crippen LogP contribution is 2.23. The maximum absolute atomic E-state index is 12.5. The lowest BCUT2D eigenvalue weighted by molar-refractivity contribution is -0.113. The molecule has 0 atom stereocenters. The Morgan fingerprint density at radius 3 is 2.44 bits per heavy atom. The van der Waals surface area contributed by atoms with Crippen molar-refractivity contribution in [1.82, 2.24) is 14.8 Å². The predicted molar refractivity (Wildman–Crippen MR) is 145 cm³/mol. The number of nitrogens with one attached hydrogen (secondary N) is 1. The summed E-state index contributed by atoms with van der Waals surface area (Å²) in [5.74, 6) is 1.51. The average Bonchev–Trinajstić information content (AvgIpc) is 3.29. The van der Waals surface area contributed by atoms with E-state index < -0.39 is 0 Å². The van der Waals surface area contributed by atoms with E-state index in [2.05, 4.69) is 39.8 Å². The third kappa shape index (κ3) is 6.05. The second-order valence-electron chi connectivity index (χ2n) is 8.11. The lowest BCUT2D eigenvalue weighted by atomic mass is 10.1. The zero-order valence-electron chi connectivity index (χ0n) is 19.3. The monoisotopic (exact) mass is 514 g/mol. The van der Waals surface area contributed by atoms with Crippen LogP contribution >= 0.6 is 23.4 Å². The molecule has 5 rings (SSSR count). The highest BCUT2D eigenvalue weighted by molar-refractivity contribution is 7.99. The van der Waals surface area contributed by atoms with Gasteiger partial charge in [0.25, 0.3) is 0 Å². The van der Waals surface area contributed by atoms with Crippen molar-refractivity contribution in [2.45, 2.75) is 18.3 Å². The summed E-state index contributed by atoms with van der Waals surface area (Å²) in [6, 6.07) is 31.3. The minimum absolute atomic E-state index is 0.134. The zero-order chi connectivity index (χ0) is 24.7. The number of carbonyl (C=O) groups is 1. The first-order chi connectivity index (χ1) is 17.6. The van der Waals surface area contributed by atoms with Gasteiger partial charge in [-0.25, -0.2) is 0 Å². The Kier molecular flexibility index (Phi) is 7.50. The maximum Gasteiger partial charge on any atom is 0.234 e. The molecular weight excluding hydrogens is 492 g/mol. The summed E-state index contributed by atoms with van der Waals surface area (Å²) in [6.07, 6.45) is 0. The van der Waals surface area contributed by atoms with Crippen molar-refractivity contribution in [2.24, 2.45) is 0 Å². The number of amides is 1. The van der Waals surface area contributed by atoms with Gasteiger partial charge in [0, 0.05) is 10.7 Å². The molecule has 6 nitrogen and oxygen atoms in total. The Balaban J connectivity index is 1.30. The number of nitrogens with zero attached hydrogens (tertiary/aromatic N) is 3. The van der Waals surface area contributed by atoms with Crippen LogP contribution in [0, 0.1) is 0 Å². The summed E-state index contributed by atoms with van der Waals surface area (Å²) in [7, 11) is 0. The number of hydrogen-bond acceptors (Lipinski definition) is 5. The molecule has 0 bridgehead atoms. The third-order valence-electron chi connectivity index (χ3n) is 5.53. The van der Waals surface area contributed by atoms with Crippen LogP contribution in [0.1, 0.15) is 11.4 Å². The van der Waals surface area contributed by atoms with Crippen LogP contribution in [0.25, 0.3) is 10.8 Å². The zero-order valence-corrected chi connectivity index (χ0v) is 20.9. The quantitative estimate of drug-likeness (QED) is 0.229. The summed E-state index contributed by atoms with van der Waals surface area (Å²) < 4.78 is 8.08. The number of anilines is 1. The molecule has 1 amide bonds. The number of thioether (sulfide) groups is 1. The number of halogens is 1. The van der Waals surface area contributed by atoms with Crippen LogP contribution in [0.4, 0.5) is 5.69 Å². The molecule has 0 fully saturated rings. The van der Waals surface area contributed by atoms with Gasteiger partial charge in [-0.15, -0.1) is 10.2 Å². The summed E-state index contributed by atoms with van der Waals surface area (Å²) in [5.41, 5.74) is 1.80. The topological polar surface area (TPSA) is 69.0 Å². The van der Waals surface area contributed by atoms with Crippen molar-refractivity contribution < 1.29 is 9.53 Å². The van der Waals surface area contributed by atoms with Crippen molar-refractivity contribution in [1.29, 1.82) is 0 Å². The van der Waals surface area contributed by atoms with Crippen LogP contribution in [0.2, 0.25) is 5.02 Å². The fraction of sp³-hybridized carbons (Fsp3) is 0.107. The molecule has 0 unspecified atom stereocenters. The van der Waals surface area contributed by atoms with Crippen LogP contribution in [-0.2, 0) is 17.9 Å². The summed E-state index contributed by atoms with van der Waals surface area (Å²) in [4.78, 5) is 12.5. The van der Waals surface area contributed by atoms with Gasteiger partial charge in [-0.1, -0.05) is 84.0 Å². The SMILES string of the molecule is O=C(CSc1nnc(COc2ccc3ccccc3c2)n1Cc1ccccc1)Nc1ccc(Cl)cc1. The van der Waals surface area contributed by atoms with Crippen LogP contribution in [0.15, 0.2) is 102 Å². The fourth-order valence-electron chi connectivity index (χ4n) is 3.72. The van der Waals surface area contributed by atoms with E-state index in [1.165, 1.54) is 11.8 Å². The van der Waals surface area contributed by atoms with Gasteiger partial charge in [0.2, 0.25) is 5.91 Å². The van der Waals surface area contributed by atoms with Gasteiger partial charge in [-0.3, -0.25) is 9.36 Å². The van der Waals surface area contributed by atoms with Gasteiger partial charge in [-0.05, 0) is 52.7 Å². The first kappa shape index (κ1) is 23.9. The number of rotatable bonds is 9. The molecule has 0 spiro atoms. The molecule has 1 heterocycles. The summed E-state index contributed by atoms with van der Waals surface area (Å²) in [5, 5.41) is 15.2. The molecule has 0 aliphatic rings. The lowest BCUT2D eigenvalue weighted by Crippen LogP contribution is -2.15. The highest BCUT2D eigenvalue weighted by Gasteiger charge is 2.16. The molecule has 5 aromatic rings. The van der Waals surface area contributed by atoms with E-state index >= 15 is 0 Å². The summed E-state index contributed by atoms with van der Waals surface area (Å²) in [6.45, 7) is 0.834. The molecule has 4 aromatic carbocycles. The van der Waals surface area contributed by atoms with Crippen LogP contribution < -0.4 is 10.1 Å². The van der Waals surface area contributed by atoms with Crippen molar-refractivity contribution in [3.8, 4) is 5.75 Å². The molecule has 1 aromatic heterocycles. The highest BCUT2D eigenvalue weighted by atomic mass is 35.5. The van der Waals surface area contributed by atoms with E-state index in [9.17, 15) is 4.79 Å². The number of hydrogen-bond donors (Lipinski definition) is 1. The molecule has 0 aliphatic heterocycles. The molecule has 1 N–H and O–H groups in total. The molecule has 0 saturated carbocycles. The number of aromatic nitrogens is 3. The molecule has 0 aliphatic carbocycles. The molecule has 8 heteroatoms. The van der Waals surface area contributed by atoms with Gasteiger partial charge in [0.05, 0.1) is 12.3 Å². The minimum Gasteiger partial charge on any atom is -0.486 e. The van der Waals surface area contributed by atoms with Gasteiger partial charge < -0.3 is 10.1 Å². The number of ether oxygens (including phenoxy) is 1. The second-order valence-corrected chi connectivity index (χ2v) is 9.49. The standard InChI is InChI=1S/C28H23ClN4O2S/c29-23-11-13-24(14-12-23)30-27(34)19-36-28-32-31-26(33(28)17-20-6-2-1-3-7-20)18-35-25-15-10-21-8-4-5-9-22(21)16-25/h1-16H,17-19H2,(H,30,34). The maximum atomic E-state index is 12.5. The van der Waals surface area contributed by atoms with E-state index in [4.69, 9.17) is 16.3 Å². The van der Waals surface area contributed by atoms with Crippen molar-refractivity contribution >= 4 is 45.7 Å². The lowest BCUT2D eigenvalue weighted by Gasteiger charge is -2.12. The average molecular weight is 515 g/mol. The molecule has 0 radical (unpaired) electrons. The molecule has 36 heavy (non-hydrogen) atoms. The van der Waals surface area contributed by atoms with Crippen LogP contribution in [-0.4, -0.2) is 26.4 Å². The first-order valence-electron chi connectivity index (χ1n) is 11.4. The van der Waals surface area contributed by atoms with Crippen molar-refractivity contribution in [3.05, 3.63) is 113 Å². The summed E-state index contributed by atoms with van der Waals surface area (Å²) >= 11 is 7.26. The Morgan fingerprint density at radius 1 is 0.889 bits per heavy atom. The molecule has 0 saturated heterocycles. The van der Waals surface area contributed by atoms with Gasteiger partial charge in [0.15, 0.2) is 11.0 Å². The minimum atomic E-state index is -0.134. The van der Waals surface area contributed by atoms with Crippen LogP contribution in [0.3, 0.4) is 0 Å². The first-order valence-corrected chi connectivity index (χ1v) is 12.8. The smallest absolute Gasteiger partial charge is 0.234 e. The Labute approximate surface area is 218 Å².